The molecule has 1 aromatic heterocycles. The highest BCUT2D eigenvalue weighted by atomic mass is 16.3. The Morgan fingerprint density at radius 1 is 0.968 bits per heavy atom. The van der Waals surface area contributed by atoms with E-state index >= 15 is 0 Å². The van der Waals surface area contributed by atoms with Gasteiger partial charge in [0.15, 0.2) is 0 Å². The number of nitrogens with two attached hydrogens (primary N) is 1. The summed E-state index contributed by atoms with van der Waals surface area (Å²) >= 11 is 0. The first-order valence-electron chi connectivity index (χ1n) is 10.2. The van der Waals surface area contributed by atoms with Crippen LogP contribution in [0.15, 0.2) is 67.0 Å². The molecular weight excluding hydrogens is 386 g/mol. The zero-order valence-electron chi connectivity index (χ0n) is 17.6. The van der Waals surface area contributed by atoms with Crippen LogP contribution in [0.25, 0.3) is 33.0 Å². The molecule has 0 saturated heterocycles. The second-order valence-corrected chi connectivity index (χ2v) is 7.74. The van der Waals surface area contributed by atoms with Crippen LogP contribution >= 0.6 is 0 Å². The molecule has 5 nitrogen and oxygen atoms in total. The summed E-state index contributed by atoms with van der Waals surface area (Å²) < 4.78 is 0. The summed E-state index contributed by atoms with van der Waals surface area (Å²) in [6, 6.07) is 17.4. The highest BCUT2D eigenvalue weighted by molar-refractivity contribution is 6.07. The summed E-state index contributed by atoms with van der Waals surface area (Å²) in [4.78, 5) is 17.7. The van der Waals surface area contributed by atoms with Crippen LogP contribution in [-0.4, -0.2) is 29.1 Å². The Morgan fingerprint density at radius 2 is 1.68 bits per heavy atom. The number of carbonyl (C=O) groups is 1. The van der Waals surface area contributed by atoms with E-state index in [1.54, 1.807) is 24.5 Å². The number of phenols is 1. The van der Waals surface area contributed by atoms with Crippen molar-refractivity contribution in [2.24, 2.45) is 5.73 Å². The van der Waals surface area contributed by atoms with Gasteiger partial charge in [-0.2, -0.15) is 0 Å². The molecule has 1 heterocycles. The lowest BCUT2D eigenvalue weighted by molar-refractivity contribution is 0.0956. The van der Waals surface area contributed by atoms with E-state index in [4.69, 9.17) is 5.73 Å². The number of amides is 1. The molecular formula is C26H25N3O2. The van der Waals surface area contributed by atoms with E-state index < -0.39 is 0 Å². The fourth-order valence-electron chi connectivity index (χ4n) is 3.98. The highest BCUT2D eigenvalue weighted by Gasteiger charge is 2.20. The highest BCUT2D eigenvalue weighted by Crippen LogP contribution is 2.35. The lowest BCUT2D eigenvalue weighted by Gasteiger charge is -2.16. The van der Waals surface area contributed by atoms with E-state index in [2.05, 4.69) is 28.5 Å². The monoisotopic (exact) mass is 411 g/mol. The lowest BCUT2D eigenvalue weighted by Crippen LogP contribution is -2.30. The van der Waals surface area contributed by atoms with Crippen molar-refractivity contribution in [1.82, 2.24) is 10.3 Å². The van der Waals surface area contributed by atoms with Crippen LogP contribution in [0.2, 0.25) is 0 Å². The molecule has 1 amide bonds. The number of fused-ring (bicyclic) bond motifs is 1. The second-order valence-electron chi connectivity index (χ2n) is 7.74. The molecule has 156 valence electrons. The number of carbonyl (C=O) groups excluding carboxylic acids is 1. The zero-order valence-corrected chi connectivity index (χ0v) is 17.6. The van der Waals surface area contributed by atoms with Crippen LogP contribution in [-0.2, 0) is 0 Å². The number of nitrogens with zero attached hydrogens (tertiary/aromatic N) is 1. The van der Waals surface area contributed by atoms with Gasteiger partial charge in [0.05, 0.1) is 5.56 Å². The summed E-state index contributed by atoms with van der Waals surface area (Å²) in [6.07, 6.45) is 3.45. The van der Waals surface area contributed by atoms with Gasteiger partial charge in [0, 0.05) is 42.0 Å². The fourth-order valence-corrected chi connectivity index (χ4v) is 3.98. The van der Waals surface area contributed by atoms with Gasteiger partial charge in [-0.3, -0.25) is 9.78 Å². The average molecular weight is 412 g/mol. The van der Waals surface area contributed by atoms with Crippen molar-refractivity contribution >= 4 is 16.7 Å². The van der Waals surface area contributed by atoms with Crippen molar-refractivity contribution in [2.45, 2.75) is 13.8 Å². The summed E-state index contributed by atoms with van der Waals surface area (Å²) in [6.45, 7) is 4.83. The van der Waals surface area contributed by atoms with Crippen LogP contribution in [0.1, 0.15) is 21.5 Å². The van der Waals surface area contributed by atoms with Gasteiger partial charge in [-0.25, -0.2) is 0 Å². The number of pyridine rings is 1. The smallest absolute Gasteiger partial charge is 0.252 e. The molecule has 4 N–H and O–H groups in total. The second kappa shape index (κ2) is 8.58. The van der Waals surface area contributed by atoms with Gasteiger partial charge in [0.25, 0.3) is 5.91 Å². The Hall–Kier alpha value is -3.70. The number of aryl methyl sites for hydroxylation is 2. The molecule has 3 aromatic carbocycles. The first-order chi connectivity index (χ1) is 15.0. The molecule has 0 aliphatic rings. The number of phenolic OH excluding ortho intramolecular Hbond substituents is 1. The number of hydrogen-bond donors (Lipinski definition) is 3. The number of aromatic hydroxyl groups is 1. The average Bonchev–Trinajstić information content (AvgIpc) is 2.76. The van der Waals surface area contributed by atoms with Crippen molar-refractivity contribution in [3.63, 3.8) is 0 Å². The molecule has 0 radical (unpaired) electrons. The molecule has 0 aliphatic heterocycles. The predicted octanol–water partition coefficient (Wildman–Crippen LogP) is 4.58. The summed E-state index contributed by atoms with van der Waals surface area (Å²) in [5.41, 5.74) is 11.7. The molecule has 4 rings (SSSR count). The summed E-state index contributed by atoms with van der Waals surface area (Å²) in [7, 11) is 0. The molecule has 5 heteroatoms. The van der Waals surface area contributed by atoms with Gasteiger partial charge < -0.3 is 16.2 Å². The van der Waals surface area contributed by atoms with E-state index in [0.717, 1.165) is 44.2 Å². The molecule has 0 fully saturated rings. The van der Waals surface area contributed by atoms with E-state index in [1.807, 2.05) is 38.1 Å². The maximum atomic E-state index is 13.2. The SMILES string of the molecule is Cc1cc(C)cc(-c2cncc(-c3ccc4c(O)cccc4c3)c2C(=O)NCCN)c1. The molecule has 0 spiro atoms. The van der Waals surface area contributed by atoms with E-state index in [1.165, 1.54) is 0 Å². The third kappa shape index (κ3) is 4.13. The Balaban J connectivity index is 1.95. The number of benzene rings is 3. The van der Waals surface area contributed by atoms with Gasteiger partial charge in [-0.05, 0) is 42.5 Å². The van der Waals surface area contributed by atoms with Crippen LogP contribution in [0.5, 0.6) is 5.75 Å². The minimum atomic E-state index is -0.187. The van der Waals surface area contributed by atoms with E-state index in [9.17, 15) is 9.90 Å². The van der Waals surface area contributed by atoms with Gasteiger partial charge in [-0.15, -0.1) is 0 Å². The molecule has 0 unspecified atom stereocenters. The van der Waals surface area contributed by atoms with Gasteiger partial charge >= 0.3 is 0 Å². The van der Waals surface area contributed by atoms with Gasteiger partial charge in [0.1, 0.15) is 5.75 Å². The minimum Gasteiger partial charge on any atom is -0.507 e. The summed E-state index contributed by atoms with van der Waals surface area (Å²) in [5, 5.41) is 14.7. The maximum absolute atomic E-state index is 13.2. The number of aromatic nitrogens is 1. The fraction of sp³-hybridized carbons (Fsp3) is 0.154. The van der Waals surface area contributed by atoms with Crippen molar-refractivity contribution < 1.29 is 9.90 Å². The molecule has 31 heavy (non-hydrogen) atoms. The Kier molecular flexibility index (Phi) is 5.69. The largest absolute Gasteiger partial charge is 0.507 e. The Bertz CT molecular complexity index is 1260. The van der Waals surface area contributed by atoms with Crippen LogP contribution < -0.4 is 11.1 Å². The van der Waals surface area contributed by atoms with E-state index in [0.29, 0.717) is 18.7 Å². The number of rotatable bonds is 5. The minimum absolute atomic E-state index is 0.187. The number of hydrogen-bond acceptors (Lipinski definition) is 4. The van der Waals surface area contributed by atoms with Crippen molar-refractivity contribution in [2.75, 3.05) is 13.1 Å². The molecule has 0 saturated carbocycles. The Labute approximate surface area is 181 Å². The molecule has 4 aromatic rings. The lowest BCUT2D eigenvalue weighted by atomic mass is 9.91. The first-order valence-corrected chi connectivity index (χ1v) is 10.2. The third-order valence-corrected chi connectivity index (χ3v) is 5.30. The topological polar surface area (TPSA) is 88.2 Å². The zero-order chi connectivity index (χ0) is 22.0. The van der Waals surface area contributed by atoms with Crippen LogP contribution in [0.3, 0.4) is 0 Å². The predicted molar refractivity (Wildman–Crippen MR) is 125 cm³/mol. The van der Waals surface area contributed by atoms with Gasteiger partial charge in [-0.1, -0.05) is 53.6 Å². The van der Waals surface area contributed by atoms with Crippen molar-refractivity contribution in [1.29, 1.82) is 0 Å². The Morgan fingerprint density at radius 3 is 2.39 bits per heavy atom. The first kappa shape index (κ1) is 20.6. The van der Waals surface area contributed by atoms with Crippen LogP contribution in [0.4, 0.5) is 0 Å². The maximum Gasteiger partial charge on any atom is 0.252 e. The summed E-state index contributed by atoms with van der Waals surface area (Å²) in [5.74, 6) is 0.0417. The number of nitrogens with one attached hydrogen (secondary N) is 1. The van der Waals surface area contributed by atoms with Crippen LogP contribution in [0, 0.1) is 13.8 Å². The molecule has 0 bridgehead atoms. The standard InChI is InChI=1S/C26H25N3O2/c1-16-10-17(2)12-20(11-16)23-15-28-14-22(25(23)26(31)29-9-8-27)19-6-7-21-18(13-19)4-3-5-24(21)30/h3-7,10-15,30H,8-9,27H2,1-2H3,(H,29,31). The quantitative estimate of drug-likeness (QED) is 0.448. The third-order valence-electron chi connectivity index (χ3n) is 5.30. The normalized spacial score (nSPS) is 10.9. The van der Waals surface area contributed by atoms with E-state index in [-0.39, 0.29) is 11.7 Å². The van der Waals surface area contributed by atoms with Gasteiger partial charge in [0.2, 0.25) is 0 Å². The molecule has 0 atom stereocenters. The van der Waals surface area contributed by atoms with Crippen molar-refractivity contribution in [3.8, 4) is 28.0 Å². The van der Waals surface area contributed by atoms with Crippen molar-refractivity contribution in [3.05, 3.63) is 83.7 Å². The molecule has 0 aliphatic carbocycles.